The molecule has 2 aliphatic carbocycles. The number of benzene rings is 1. The molecule has 5 heteroatoms. The van der Waals surface area contributed by atoms with Crippen molar-refractivity contribution < 1.29 is 17.1 Å². The van der Waals surface area contributed by atoms with Crippen LogP contribution in [-0.4, -0.2) is 37.1 Å². The van der Waals surface area contributed by atoms with E-state index in [4.69, 9.17) is 11.6 Å². The van der Waals surface area contributed by atoms with Crippen molar-refractivity contribution in [2.24, 2.45) is 0 Å². The summed E-state index contributed by atoms with van der Waals surface area (Å²) in [6, 6.07) is 7.71. The van der Waals surface area contributed by atoms with Crippen molar-refractivity contribution >= 4 is 28.2 Å². The SMILES string of the molecule is CN(C)CC1=C=[C-][C]=C1CNc1ccnc2cc(Cl)ccc12.[C]1=C=C=C=[C-]1.[Fe+2]. The van der Waals surface area contributed by atoms with E-state index in [-0.39, 0.29) is 17.1 Å². The van der Waals surface area contributed by atoms with Gasteiger partial charge in [-0.2, -0.15) is 11.6 Å². The van der Waals surface area contributed by atoms with Crippen LogP contribution in [0.4, 0.5) is 5.69 Å². The summed E-state index contributed by atoms with van der Waals surface area (Å²) in [6.45, 7) is 1.52. The second-order valence-electron chi connectivity index (χ2n) is 6.07. The van der Waals surface area contributed by atoms with E-state index in [0.29, 0.717) is 11.6 Å². The Kier molecular flexibility index (Phi) is 8.40. The van der Waals surface area contributed by atoms with Gasteiger partial charge in [0.15, 0.2) is 0 Å². The minimum atomic E-state index is 0. The number of hydrogen-bond donors (Lipinski definition) is 1. The number of nitrogens with zero attached hydrogens (tertiary/aromatic N) is 2. The second kappa shape index (κ2) is 10.8. The van der Waals surface area contributed by atoms with Crippen LogP contribution in [-0.2, 0) is 17.1 Å². The van der Waals surface area contributed by atoms with E-state index < -0.39 is 0 Å². The number of halogens is 1. The van der Waals surface area contributed by atoms with E-state index in [0.717, 1.165) is 34.3 Å². The van der Waals surface area contributed by atoms with Crippen molar-refractivity contribution in [3.05, 3.63) is 93.9 Å². The van der Waals surface area contributed by atoms with E-state index >= 15 is 0 Å². The molecule has 0 saturated heterocycles. The van der Waals surface area contributed by atoms with Crippen LogP contribution >= 0.6 is 11.6 Å². The van der Waals surface area contributed by atoms with Crippen LogP contribution in [0.15, 0.2) is 64.5 Å². The molecule has 1 aromatic carbocycles. The fraction of sp³-hybridized carbons (Fsp3) is 0.174. The summed E-state index contributed by atoms with van der Waals surface area (Å²) < 4.78 is 0. The maximum absolute atomic E-state index is 6.02. The third-order valence-electron chi connectivity index (χ3n) is 3.74. The van der Waals surface area contributed by atoms with Gasteiger partial charge in [0.1, 0.15) is 0 Å². The smallest absolute Gasteiger partial charge is 0.393 e. The molecular formula is C23H16ClFeN3. The maximum atomic E-state index is 6.02. The van der Waals surface area contributed by atoms with Crippen LogP contribution in [0.1, 0.15) is 0 Å². The summed E-state index contributed by atoms with van der Waals surface area (Å²) in [5.41, 5.74) is 14.8. The minimum Gasteiger partial charge on any atom is -0.393 e. The number of rotatable bonds is 5. The predicted molar refractivity (Wildman–Crippen MR) is 108 cm³/mol. The Bertz CT molecular complexity index is 1070. The minimum absolute atomic E-state index is 0. The molecule has 1 heterocycles. The maximum Gasteiger partial charge on any atom is 2.00 e. The molecule has 0 spiro atoms. The Morgan fingerprint density at radius 3 is 2.68 bits per heavy atom. The Labute approximate surface area is 181 Å². The van der Waals surface area contributed by atoms with Gasteiger partial charge in [-0.1, -0.05) is 11.6 Å². The zero-order valence-electron chi connectivity index (χ0n) is 15.4. The fourth-order valence-corrected chi connectivity index (χ4v) is 2.72. The molecule has 1 N–H and O–H groups in total. The van der Waals surface area contributed by atoms with Crippen molar-refractivity contribution in [3.63, 3.8) is 0 Å². The van der Waals surface area contributed by atoms with Crippen LogP contribution in [0.3, 0.4) is 0 Å². The van der Waals surface area contributed by atoms with Gasteiger partial charge in [0.25, 0.3) is 0 Å². The Hall–Kier alpha value is -2.46. The Morgan fingerprint density at radius 1 is 1.14 bits per heavy atom. The van der Waals surface area contributed by atoms with E-state index in [9.17, 15) is 0 Å². The van der Waals surface area contributed by atoms with Gasteiger partial charge in [-0.05, 0) is 51.5 Å². The van der Waals surface area contributed by atoms with Crippen LogP contribution in [0.25, 0.3) is 10.9 Å². The van der Waals surface area contributed by atoms with Gasteiger partial charge in [-0.3, -0.25) is 22.2 Å². The van der Waals surface area contributed by atoms with Crippen molar-refractivity contribution in [2.45, 2.75) is 0 Å². The molecule has 1 aromatic heterocycles. The number of hydrogen-bond acceptors (Lipinski definition) is 3. The topological polar surface area (TPSA) is 28.2 Å². The molecule has 0 saturated carbocycles. The first kappa shape index (κ1) is 21.8. The largest absolute Gasteiger partial charge is 2.00 e. The average molecular weight is 426 g/mol. The van der Waals surface area contributed by atoms with Gasteiger partial charge in [-0.15, -0.1) is 23.8 Å². The number of likely N-dealkylation sites (N-methyl/N-ethyl adjacent to an activating group) is 1. The molecular weight excluding hydrogens is 410 g/mol. The van der Waals surface area contributed by atoms with Crippen LogP contribution in [0.5, 0.6) is 0 Å². The molecule has 28 heavy (non-hydrogen) atoms. The number of allylic oxidation sites excluding steroid dienone is 3. The van der Waals surface area contributed by atoms with Crippen molar-refractivity contribution in [1.29, 1.82) is 0 Å². The zero-order chi connectivity index (χ0) is 19.1. The molecule has 0 bridgehead atoms. The van der Waals surface area contributed by atoms with Crippen LogP contribution in [0.2, 0.25) is 5.02 Å². The molecule has 0 fully saturated rings. The van der Waals surface area contributed by atoms with Gasteiger partial charge >= 0.3 is 17.1 Å². The van der Waals surface area contributed by atoms with Crippen molar-refractivity contribution in [3.8, 4) is 0 Å². The molecule has 3 nitrogen and oxygen atoms in total. The van der Waals surface area contributed by atoms with E-state index in [1.54, 1.807) is 6.20 Å². The molecule has 4 rings (SSSR count). The zero-order valence-corrected chi connectivity index (χ0v) is 17.3. The standard InChI is InChI=1S/C18H16ClN3.C5.Fe/c1-22(2)12-14-5-3-4-13(14)11-21-17-8-9-20-18-10-15(19)6-7-16(17)18;1-2-4-5-3-1;/h6-10H,11-12H2,1-2H3,(H,20,21);;/q2*-1;+2. The normalized spacial score (nSPS) is 12.7. The van der Waals surface area contributed by atoms with E-state index in [1.165, 1.54) is 0 Å². The second-order valence-corrected chi connectivity index (χ2v) is 6.50. The van der Waals surface area contributed by atoms with Crippen molar-refractivity contribution in [1.82, 2.24) is 9.88 Å². The van der Waals surface area contributed by atoms with Gasteiger partial charge in [0.05, 0.1) is 5.52 Å². The number of anilines is 1. The number of aromatic nitrogens is 1. The number of fused-ring (bicyclic) bond motifs is 1. The monoisotopic (exact) mass is 425 g/mol. The third kappa shape index (κ3) is 6.03. The van der Waals surface area contributed by atoms with E-state index in [1.807, 2.05) is 38.4 Å². The predicted octanol–water partition coefficient (Wildman–Crippen LogP) is 4.11. The quantitative estimate of drug-likeness (QED) is 0.444. The molecule has 2 aliphatic rings. The fourth-order valence-electron chi connectivity index (χ4n) is 2.55. The summed E-state index contributed by atoms with van der Waals surface area (Å²) in [7, 11) is 4.08. The summed E-state index contributed by atoms with van der Waals surface area (Å²) in [5, 5.41) is 5.20. The van der Waals surface area contributed by atoms with Gasteiger partial charge in [-0.25, -0.2) is 5.73 Å². The van der Waals surface area contributed by atoms with Gasteiger partial charge < -0.3 is 10.2 Å². The molecule has 0 atom stereocenters. The number of nitrogens with one attached hydrogen (secondary N) is 1. The molecule has 138 valence electrons. The summed E-state index contributed by atoms with van der Waals surface area (Å²) >= 11 is 6.02. The molecule has 0 aliphatic heterocycles. The first-order valence-electron chi connectivity index (χ1n) is 8.30. The Morgan fingerprint density at radius 2 is 2.00 bits per heavy atom. The van der Waals surface area contributed by atoms with E-state index in [2.05, 4.69) is 62.4 Å². The van der Waals surface area contributed by atoms with Crippen molar-refractivity contribution in [2.75, 3.05) is 32.5 Å². The molecule has 2 radical (unpaired) electrons. The third-order valence-corrected chi connectivity index (χ3v) is 3.97. The summed E-state index contributed by atoms with van der Waals surface area (Å²) in [5.74, 6) is 0. The van der Waals surface area contributed by atoms with Crippen LogP contribution in [0, 0.1) is 24.3 Å². The molecule has 0 amide bonds. The molecule has 0 unspecified atom stereocenters. The van der Waals surface area contributed by atoms with Crippen LogP contribution < -0.4 is 5.32 Å². The number of pyridine rings is 1. The summed E-state index contributed by atoms with van der Waals surface area (Å²) in [4.78, 5) is 6.47. The van der Waals surface area contributed by atoms with Gasteiger partial charge in [0.2, 0.25) is 0 Å². The average Bonchev–Trinajstić information content (AvgIpc) is 3.34. The van der Waals surface area contributed by atoms with Gasteiger partial charge in [0, 0.05) is 22.3 Å². The molecule has 2 aromatic rings. The first-order valence-corrected chi connectivity index (χ1v) is 8.68. The Balaban J connectivity index is 0.000000408. The first-order chi connectivity index (χ1) is 13.1. The summed E-state index contributed by atoms with van der Waals surface area (Å²) in [6.07, 6.45) is 12.9.